The van der Waals surface area contributed by atoms with Crippen LogP contribution in [0.25, 0.3) is 0 Å². The SMILES string of the molecule is C=CCc1ccc(OCCCCN2C[C@@H](C)C[C@H](C)C2)c(OC)c1. The molecule has 0 aliphatic carbocycles. The maximum absolute atomic E-state index is 5.92. The summed E-state index contributed by atoms with van der Waals surface area (Å²) >= 11 is 0. The molecule has 0 unspecified atom stereocenters. The molecule has 0 aromatic heterocycles. The third kappa shape index (κ3) is 5.86. The Hall–Kier alpha value is -1.48. The summed E-state index contributed by atoms with van der Waals surface area (Å²) in [7, 11) is 1.69. The van der Waals surface area contributed by atoms with E-state index in [1.807, 2.05) is 18.2 Å². The van der Waals surface area contributed by atoms with Gasteiger partial charge < -0.3 is 14.4 Å². The van der Waals surface area contributed by atoms with E-state index in [4.69, 9.17) is 9.47 Å². The van der Waals surface area contributed by atoms with Gasteiger partial charge in [-0.15, -0.1) is 6.58 Å². The van der Waals surface area contributed by atoms with Crippen molar-refractivity contribution < 1.29 is 9.47 Å². The van der Waals surface area contributed by atoms with Gasteiger partial charge in [-0.25, -0.2) is 0 Å². The van der Waals surface area contributed by atoms with Gasteiger partial charge in [0.2, 0.25) is 0 Å². The summed E-state index contributed by atoms with van der Waals surface area (Å²) < 4.78 is 11.4. The highest BCUT2D eigenvalue weighted by Crippen LogP contribution is 2.28. The molecule has 0 amide bonds. The van der Waals surface area contributed by atoms with Crippen molar-refractivity contribution in [1.82, 2.24) is 4.90 Å². The quantitative estimate of drug-likeness (QED) is 0.489. The normalized spacial score (nSPS) is 21.5. The Morgan fingerprint density at radius 2 is 1.92 bits per heavy atom. The molecular formula is C21H33NO2. The first-order valence-corrected chi connectivity index (χ1v) is 9.25. The molecule has 2 atom stereocenters. The van der Waals surface area contributed by atoms with Crippen molar-refractivity contribution in [3.05, 3.63) is 36.4 Å². The van der Waals surface area contributed by atoms with Crippen molar-refractivity contribution in [2.24, 2.45) is 11.8 Å². The van der Waals surface area contributed by atoms with E-state index in [1.54, 1.807) is 7.11 Å². The van der Waals surface area contributed by atoms with Gasteiger partial charge in [0.15, 0.2) is 11.5 Å². The standard InChI is InChI=1S/C21H33NO2/c1-5-8-19-9-10-20(21(14-19)23-4)24-12-7-6-11-22-15-17(2)13-18(3)16-22/h5,9-10,14,17-18H,1,6-8,11-13,15-16H2,2-4H3/t17-,18-/m0/s1. The number of benzene rings is 1. The largest absolute Gasteiger partial charge is 0.493 e. The lowest BCUT2D eigenvalue weighted by molar-refractivity contribution is 0.136. The second-order valence-electron chi connectivity index (χ2n) is 7.24. The van der Waals surface area contributed by atoms with Gasteiger partial charge in [-0.05, 0) is 61.8 Å². The zero-order valence-corrected chi connectivity index (χ0v) is 15.6. The smallest absolute Gasteiger partial charge is 0.161 e. The van der Waals surface area contributed by atoms with Crippen LogP contribution in [0.3, 0.4) is 0 Å². The minimum absolute atomic E-state index is 0.746. The van der Waals surface area contributed by atoms with E-state index >= 15 is 0 Å². The Balaban J connectivity index is 1.71. The summed E-state index contributed by atoms with van der Waals surface area (Å²) in [5, 5.41) is 0. The Morgan fingerprint density at radius 3 is 2.58 bits per heavy atom. The molecule has 24 heavy (non-hydrogen) atoms. The van der Waals surface area contributed by atoms with Gasteiger partial charge in [-0.3, -0.25) is 0 Å². The minimum Gasteiger partial charge on any atom is -0.493 e. The van der Waals surface area contributed by atoms with Crippen LogP contribution in [0.15, 0.2) is 30.9 Å². The monoisotopic (exact) mass is 331 g/mol. The number of ether oxygens (including phenoxy) is 2. The van der Waals surface area contributed by atoms with Crippen LogP contribution >= 0.6 is 0 Å². The molecule has 1 saturated heterocycles. The van der Waals surface area contributed by atoms with Crippen molar-refractivity contribution in [3.63, 3.8) is 0 Å². The number of hydrogen-bond donors (Lipinski definition) is 0. The van der Waals surface area contributed by atoms with Gasteiger partial charge in [-0.2, -0.15) is 0 Å². The van der Waals surface area contributed by atoms with Gasteiger partial charge in [0.05, 0.1) is 13.7 Å². The average molecular weight is 332 g/mol. The highest BCUT2D eigenvalue weighted by Gasteiger charge is 2.20. The molecule has 0 saturated carbocycles. The molecule has 0 spiro atoms. The molecule has 134 valence electrons. The molecule has 0 N–H and O–H groups in total. The van der Waals surface area contributed by atoms with Crippen LogP contribution in [0.5, 0.6) is 11.5 Å². The number of hydrogen-bond acceptors (Lipinski definition) is 3. The number of likely N-dealkylation sites (tertiary alicyclic amines) is 1. The molecule has 3 heteroatoms. The number of rotatable bonds is 9. The van der Waals surface area contributed by atoms with Crippen LogP contribution in [-0.4, -0.2) is 38.3 Å². The first kappa shape index (κ1) is 18.9. The zero-order valence-electron chi connectivity index (χ0n) is 15.6. The van der Waals surface area contributed by atoms with Crippen LogP contribution in [-0.2, 0) is 6.42 Å². The molecule has 1 aliphatic heterocycles. The van der Waals surface area contributed by atoms with E-state index in [-0.39, 0.29) is 0 Å². The first-order valence-electron chi connectivity index (χ1n) is 9.25. The lowest BCUT2D eigenvalue weighted by Crippen LogP contribution is -2.39. The number of piperidine rings is 1. The summed E-state index contributed by atoms with van der Waals surface area (Å²) in [5.41, 5.74) is 1.20. The predicted molar refractivity (Wildman–Crippen MR) is 101 cm³/mol. The summed E-state index contributed by atoms with van der Waals surface area (Å²) in [6.45, 7) is 13.0. The van der Waals surface area contributed by atoms with Crippen molar-refractivity contribution in [2.45, 2.75) is 39.5 Å². The van der Waals surface area contributed by atoms with E-state index in [0.717, 1.165) is 42.8 Å². The first-order chi connectivity index (χ1) is 11.6. The second-order valence-corrected chi connectivity index (χ2v) is 7.24. The summed E-state index contributed by atoms with van der Waals surface area (Å²) in [6, 6.07) is 6.12. The molecular weight excluding hydrogens is 298 g/mol. The molecule has 1 heterocycles. The Morgan fingerprint density at radius 1 is 1.17 bits per heavy atom. The van der Waals surface area contributed by atoms with E-state index in [1.165, 1.54) is 38.0 Å². The Kier molecular flexibility index (Phi) is 7.64. The van der Waals surface area contributed by atoms with Gasteiger partial charge in [0, 0.05) is 13.1 Å². The molecule has 2 rings (SSSR count). The third-order valence-corrected chi connectivity index (χ3v) is 4.68. The maximum atomic E-state index is 5.92. The third-order valence-electron chi connectivity index (χ3n) is 4.68. The molecule has 0 bridgehead atoms. The number of methoxy groups -OCH3 is 1. The fourth-order valence-electron chi connectivity index (χ4n) is 3.72. The fraction of sp³-hybridized carbons (Fsp3) is 0.619. The topological polar surface area (TPSA) is 21.7 Å². The van der Waals surface area contributed by atoms with Crippen LogP contribution < -0.4 is 9.47 Å². The van der Waals surface area contributed by atoms with Gasteiger partial charge >= 0.3 is 0 Å². The van der Waals surface area contributed by atoms with Crippen molar-refractivity contribution in [2.75, 3.05) is 33.4 Å². The fourth-order valence-corrected chi connectivity index (χ4v) is 3.72. The van der Waals surface area contributed by atoms with E-state index < -0.39 is 0 Å². The summed E-state index contributed by atoms with van der Waals surface area (Å²) in [5.74, 6) is 3.32. The molecule has 1 aliphatic rings. The molecule has 1 aromatic rings. The van der Waals surface area contributed by atoms with Gasteiger partial charge in [-0.1, -0.05) is 26.0 Å². The number of nitrogens with zero attached hydrogens (tertiary/aromatic N) is 1. The Bertz CT molecular complexity index is 505. The second kappa shape index (κ2) is 9.73. The predicted octanol–water partition coefficient (Wildman–Crippen LogP) is 4.56. The van der Waals surface area contributed by atoms with Crippen LogP contribution in [0, 0.1) is 11.8 Å². The van der Waals surface area contributed by atoms with Gasteiger partial charge in [0.1, 0.15) is 0 Å². The molecule has 3 nitrogen and oxygen atoms in total. The van der Waals surface area contributed by atoms with E-state index in [0.29, 0.717) is 0 Å². The van der Waals surface area contributed by atoms with Crippen molar-refractivity contribution in [1.29, 1.82) is 0 Å². The lowest BCUT2D eigenvalue weighted by Gasteiger charge is -2.34. The van der Waals surface area contributed by atoms with E-state index in [9.17, 15) is 0 Å². The summed E-state index contributed by atoms with van der Waals surface area (Å²) in [4.78, 5) is 2.61. The van der Waals surface area contributed by atoms with Crippen molar-refractivity contribution >= 4 is 0 Å². The number of unbranched alkanes of at least 4 members (excludes halogenated alkanes) is 1. The average Bonchev–Trinajstić information content (AvgIpc) is 2.55. The highest BCUT2D eigenvalue weighted by atomic mass is 16.5. The number of allylic oxidation sites excluding steroid dienone is 1. The zero-order chi connectivity index (χ0) is 17.4. The van der Waals surface area contributed by atoms with Crippen LogP contribution in [0.4, 0.5) is 0 Å². The molecule has 1 fully saturated rings. The van der Waals surface area contributed by atoms with Crippen LogP contribution in [0.2, 0.25) is 0 Å². The van der Waals surface area contributed by atoms with Gasteiger partial charge in [0.25, 0.3) is 0 Å². The van der Waals surface area contributed by atoms with Crippen molar-refractivity contribution in [3.8, 4) is 11.5 Å². The minimum atomic E-state index is 0.746. The van der Waals surface area contributed by atoms with E-state index in [2.05, 4.69) is 31.4 Å². The highest BCUT2D eigenvalue weighted by molar-refractivity contribution is 5.43. The molecule has 1 aromatic carbocycles. The lowest BCUT2D eigenvalue weighted by atomic mass is 9.92. The maximum Gasteiger partial charge on any atom is 0.161 e. The van der Waals surface area contributed by atoms with Crippen LogP contribution in [0.1, 0.15) is 38.7 Å². The Labute approximate surface area is 147 Å². The summed E-state index contributed by atoms with van der Waals surface area (Å²) in [6.07, 6.45) is 6.40. The molecule has 0 radical (unpaired) electrons.